The number of piperazine rings is 1. The maximum Gasteiger partial charge on any atom is 0.190 e. The maximum absolute atomic E-state index is 11.2. The molecule has 2 N–H and O–H groups in total. The summed E-state index contributed by atoms with van der Waals surface area (Å²) in [6, 6.07) is 19.3. The van der Waals surface area contributed by atoms with Crippen LogP contribution in [-0.2, 0) is 27.2 Å². The van der Waals surface area contributed by atoms with E-state index in [0.29, 0.717) is 0 Å². The molecule has 3 saturated heterocycles. The minimum absolute atomic E-state index is 0.607. The van der Waals surface area contributed by atoms with Crippen molar-refractivity contribution in [2.75, 3.05) is 33.2 Å². The molecule has 4 heterocycles. The van der Waals surface area contributed by atoms with Gasteiger partial charge in [-0.15, -0.1) is 11.3 Å². The molecular formula is C32H40N2O5S. The van der Waals surface area contributed by atoms with Gasteiger partial charge in [0, 0.05) is 48.9 Å². The van der Waals surface area contributed by atoms with Gasteiger partial charge in [-0.1, -0.05) is 36.4 Å². The predicted octanol–water partition coefficient (Wildman–Crippen LogP) is 4.33. The normalized spacial score (nSPS) is 27.6. The second kappa shape index (κ2) is 11.3. The van der Waals surface area contributed by atoms with E-state index in [1.807, 2.05) is 29.5 Å². The smallest absolute Gasteiger partial charge is 0.190 e. The van der Waals surface area contributed by atoms with E-state index < -0.39 is 36.5 Å². The molecule has 0 radical (unpaired) electrons. The highest BCUT2D eigenvalue weighted by atomic mass is 32.1. The van der Waals surface area contributed by atoms with Crippen LogP contribution in [0.1, 0.15) is 47.1 Å². The van der Waals surface area contributed by atoms with Gasteiger partial charge >= 0.3 is 0 Å². The molecule has 0 saturated carbocycles. The minimum Gasteiger partial charge on any atom is -0.387 e. The Labute approximate surface area is 240 Å². The summed E-state index contributed by atoms with van der Waals surface area (Å²) >= 11 is 1.81. The van der Waals surface area contributed by atoms with E-state index in [-0.39, 0.29) is 0 Å². The van der Waals surface area contributed by atoms with Crippen LogP contribution in [0, 0.1) is 6.92 Å². The molecule has 6 rings (SSSR count). The molecule has 0 bridgehead atoms. The van der Waals surface area contributed by atoms with E-state index in [0.717, 1.165) is 50.3 Å². The van der Waals surface area contributed by atoms with Crippen molar-refractivity contribution in [1.29, 1.82) is 0 Å². The second-order valence-corrected chi connectivity index (χ2v) is 13.1. The van der Waals surface area contributed by atoms with Gasteiger partial charge in [-0.05, 0) is 73.8 Å². The van der Waals surface area contributed by atoms with Gasteiger partial charge in [-0.3, -0.25) is 4.90 Å². The molecule has 1 aromatic heterocycles. The average molecular weight is 565 g/mol. The Kier molecular flexibility index (Phi) is 7.89. The van der Waals surface area contributed by atoms with Gasteiger partial charge in [0.25, 0.3) is 0 Å². The molecule has 40 heavy (non-hydrogen) atoms. The molecule has 214 valence electrons. The zero-order valence-corrected chi connectivity index (χ0v) is 24.6. The van der Waals surface area contributed by atoms with E-state index in [1.54, 1.807) is 13.8 Å². The third-order valence-corrected chi connectivity index (χ3v) is 9.45. The predicted molar refractivity (Wildman–Crippen MR) is 156 cm³/mol. The van der Waals surface area contributed by atoms with Crippen LogP contribution >= 0.6 is 11.3 Å². The van der Waals surface area contributed by atoms with Gasteiger partial charge in [-0.25, -0.2) is 0 Å². The summed E-state index contributed by atoms with van der Waals surface area (Å²) in [5, 5.41) is 22.0. The fourth-order valence-corrected chi connectivity index (χ4v) is 6.96. The fraction of sp³-hybridized carbons (Fsp3) is 0.500. The SMILES string of the molecule is Cc1ccc(C(O)C2OC3OC(C)(C)OC3C2O)cc1Cc1ccc(-c2cccc(CN3CCN(C)CC3)c2)s1. The summed E-state index contributed by atoms with van der Waals surface area (Å²) in [7, 11) is 2.19. The molecule has 3 aliphatic heterocycles. The largest absolute Gasteiger partial charge is 0.387 e. The Morgan fingerprint density at radius 3 is 2.60 bits per heavy atom. The van der Waals surface area contributed by atoms with E-state index in [1.165, 1.54) is 26.4 Å². The highest BCUT2D eigenvalue weighted by molar-refractivity contribution is 7.15. The van der Waals surface area contributed by atoms with Crippen LogP contribution in [-0.4, -0.2) is 83.6 Å². The summed E-state index contributed by atoms with van der Waals surface area (Å²) in [4.78, 5) is 7.46. The average Bonchev–Trinajstić information content (AvgIpc) is 3.60. The van der Waals surface area contributed by atoms with E-state index in [4.69, 9.17) is 14.2 Å². The van der Waals surface area contributed by atoms with Crippen LogP contribution in [0.3, 0.4) is 0 Å². The number of fused-ring (bicyclic) bond motifs is 1. The van der Waals surface area contributed by atoms with Gasteiger partial charge in [0.05, 0.1) is 0 Å². The van der Waals surface area contributed by atoms with Crippen LogP contribution in [0.2, 0.25) is 0 Å². The fourth-order valence-electron chi connectivity index (χ4n) is 5.94. The number of likely N-dealkylation sites (N-methyl/N-ethyl adjacent to an activating group) is 1. The summed E-state index contributed by atoms with van der Waals surface area (Å²) in [5.41, 5.74) is 5.65. The first kappa shape index (κ1) is 28.0. The van der Waals surface area contributed by atoms with Gasteiger partial charge in [0.1, 0.15) is 24.4 Å². The van der Waals surface area contributed by atoms with Crippen LogP contribution in [0.5, 0.6) is 0 Å². The molecular weight excluding hydrogens is 524 g/mol. The molecule has 0 amide bonds. The number of benzene rings is 2. The van der Waals surface area contributed by atoms with E-state index in [9.17, 15) is 10.2 Å². The summed E-state index contributed by atoms with van der Waals surface area (Å²) in [5.74, 6) is -0.811. The van der Waals surface area contributed by atoms with Crippen molar-refractivity contribution in [2.45, 2.75) is 70.2 Å². The lowest BCUT2D eigenvalue weighted by Gasteiger charge is -2.32. The van der Waals surface area contributed by atoms with Gasteiger partial charge < -0.3 is 29.3 Å². The molecule has 7 nitrogen and oxygen atoms in total. The van der Waals surface area contributed by atoms with Gasteiger partial charge in [-0.2, -0.15) is 0 Å². The molecule has 3 aliphatic rings. The van der Waals surface area contributed by atoms with Crippen molar-refractivity contribution in [2.24, 2.45) is 0 Å². The standard InChI is InChI=1S/C32H40N2O5S/c1-20-8-9-23(27(35)29-28(36)30-31(37-29)39-32(2,3)38-30)17-24(20)18-25-10-11-26(40-25)22-7-5-6-21(16-22)19-34-14-12-33(4)13-15-34/h5-11,16-17,27-31,35-36H,12-15,18-19H2,1-4H3. The molecule has 3 fully saturated rings. The third-order valence-electron chi connectivity index (χ3n) is 8.32. The second-order valence-electron chi connectivity index (χ2n) is 11.9. The number of thiophene rings is 1. The van der Waals surface area contributed by atoms with Crippen molar-refractivity contribution in [3.8, 4) is 10.4 Å². The quantitative estimate of drug-likeness (QED) is 0.443. The minimum atomic E-state index is -0.989. The number of hydrogen-bond donors (Lipinski definition) is 2. The molecule has 5 atom stereocenters. The monoisotopic (exact) mass is 564 g/mol. The highest BCUT2D eigenvalue weighted by Gasteiger charge is 2.56. The summed E-state index contributed by atoms with van der Waals surface area (Å²) in [6.45, 7) is 11.2. The lowest BCUT2D eigenvalue weighted by Crippen LogP contribution is -2.43. The van der Waals surface area contributed by atoms with E-state index in [2.05, 4.69) is 60.2 Å². The number of rotatable bonds is 7. The Hall–Kier alpha value is -2.14. The molecule has 2 aromatic carbocycles. The number of ether oxygens (including phenoxy) is 3. The van der Waals surface area contributed by atoms with Crippen molar-refractivity contribution in [3.05, 3.63) is 81.7 Å². The molecule has 3 aromatic rings. The molecule has 5 unspecified atom stereocenters. The maximum atomic E-state index is 11.2. The summed E-state index contributed by atoms with van der Waals surface area (Å²) in [6.07, 6.45) is -3.29. The lowest BCUT2D eigenvalue weighted by atomic mass is 9.94. The number of aliphatic hydroxyl groups excluding tert-OH is 2. The number of aliphatic hydroxyl groups is 2. The lowest BCUT2D eigenvalue weighted by molar-refractivity contribution is -0.226. The van der Waals surface area contributed by atoms with Crippen LogP contribution in [0.15, 0.2) is 54.6 Å². The molecule has 8 heteroatoms. The Morgan fingerprint density at radius 2 is 1.82 bits per heavy atom. The number of aryl methyl sites for hydroxylation is 1. The van der Waals surface area contributed by atoms with Gasteiger partial charge in [0.2, 0.25) is 0 Å². The van der Waals surface area contributed by atoms with Crippen molar-refractivity contribution in [3.63, 3.8) is 0 Å². The first-order valence-electron chi connectivity index (χ1n) is 14.2. The van der Waals surface area contributed by atoms with Gasteiger partial charge in [0.15, 0.2) is 12.1 Å². The van der Waals surface area contributed by atoms with Crippen molar-refractivity contribution < 1.29 is 24.4 Å². The zero-order chi connectivity index (χ0) is 28.0. The third kappa shape index (κ3) is 5.91. The highest BCUT2D eigenvalue weighted by Crippen LogP contribution is 2.41. The Balaban J connectivity index is 1.13. The Morgan fingerprint density at radius 1 is 1.02 bits per heavy atom. The Bertz CT molecular complexity index is 1330. The van der Waals surface area contributed by atoms with Crippen molar-refractivity contribution in [1.82, 2.24) is 9.80 Å². The topological polar surface area (TPSA) is 74.6 Å². The van der Waals surface area contributed by atoms with E-state index >= 15 is 0 Å². The number of nitrogens with zero attached hydrogens (tertiary/aromatic N) is 2. The molecule has 0 spiro atoms. The first-order valence-corrected chi connectivity index (χ1v) is 15.0. The zero-order valence-electron chi connectivity index (χ0n) is 23.7. The summed E-state index contributed by atoms with van der Waals surface area (Å²) < 4.78 is 17.5. The number of hydrogen-bond acceptors (Lipinski definition) is 8. The van der Waals surface area contributed by atoms with Crippen LogP contribution in [0.4, 0.5) is 0 Å². The van der Waals surface area contributed by atoms with Crippen LogP contribution in [0.25, 0.3) is 10.4 Å². The molecule has 0 aliphatic carbocycles. The van der Waals surface area contributed by atoms with Crippen molar-refractivity contribution >= 4 is 11.3 Å². The van der Waals surface area contributed by atoms with Crippen LogP contribution < -0.4 is 0 Å². The first-order chi connectivity index (χ1) is 19.1.